The van der Waals surface area contributed by atoms with Crippen LogP contribution in [0.3, 0.4) is 0 Å². The van der Waals surface area contributed by atoms with E-state index in [1.165, 1.54) is 7.11 Å². The molecule has 2 aromatic carbocycles. The molecule has 2 amide bonds. The van der Waals surface area contributed by atoms with Crippen molar-refractivity contribution < 1.29 is 33.3 Å². The van der Waals surface area contributed by atoms with Crippen LogP contribution in [0, 0.1) is 11.8 Å². The van der Waals surface area contributed by atoms with Gasteiger partial charge in [0.05, 0.1) is 38.7 Å². The Morgan fingerprint density at radius 1 is 1.12 bits per heavy atom. The Hall–Kier alpha value is -3.72. The summed E-state index contributed by atoms with van der Waals surface area (Å²) < 4.78 is 27.6. The number of hydrogen-bond acceptors (Lipinski definition) is 7. The molecule has 9 nitrogen and oxygen atoms in total. The quantitative estimate of drug-likeness (QED) is 0.656. The summed E-state index contributed by atoms with van der Waals surface area (Å²) in [6.45, 7) is 1.00. The molecule has 0 aromatic heterocycles. The van der Waals surface area contributed by atoms with Crippen LogP contribution in [0.2, 0.25) is 0 Å². The first-order chi connectivity index (χ1) is 16.5. The van der Waals surface area contributed by atoms with E-state index in [2.05, 4.69) is 5.32 Å². The summed E-state index contributed by atoms with van der Waals surface area (Å²) in [5, 5.41) is 2.93. The van der Waals surface area contributed by atoms with Gasteiger partial charge in [-0.25, -0.2) is 0 Å². The van der Waals surface area contributed by atoms with Gasteiger partial charge < -0.3 is 33.9 Å². The summed E-state index contributed by atoms with van der Waals surface area (Å²) in [7, 11) is 3.09. The van der Waals surface area contributed by atoms with Crippen molar-refractivity contribution >= 4 is 17.5 Å². The molecule has 34 heavy (non-hydrogen) atoms. The normalized spacial score (nSPS) is 27.8. The number of rotatable bonds is 6. The topological polar surface area (TPSA) is 95.6 Å². The van der Waals surface area contributed by atoms with Crippen molar-refractivity contribution in [2.45, 2.75) is 18.2 Å². The molecular weight excluding hydrogens is 440 g/mol. The van der Waals surface area contributed by atoms with Gasteiger partial charge in [-0.1, -0.05) is 18.2 Å². The van der Waals surface area contributed by atoms with E-state index in [0.29, 0.717) is 41.8 Å². The number of likely N-dealkylation sites (tertiary alicyclic amines) is 1. The summed E-state index contributed by atoms with van der Waals surface area (Å²) in [5.41, 5.74) is 0.711. The van der Waals surface area contributed by atoms with Crippen molar-refractivity contribution in [3.63, 3.8) is 0 Å². The van der Waals surface area contributed by atoms with E-state index in [1.54, 1.807) is 30.2 Å². The summed E-state index contributed by atoms with van der Waals surface area (Å²) in [6, 6.07) is 10.8. The highest BCUT2D eigenvalue weighted by atomic mass is 16.7. The van der Waals surface area contributed by atoms with Gasteiger partial charge >= 0.3 is 0 Å². The second kappa shape index (κ2) is 7.66. The number of carbonyl (C=O) groups is 2. The molecule has 4 atom stereocenters. The van der Waals surface area contributed by atoms with Gasteiger partial charge in [0, 0.05) is 18.3 Å². The lowest BCUT2D eigenvalue weighted by Crippen LogP contribution is -2.41. The zero-order valence-corrected chi connectivity index (χ0v) is 18.8. The van der Waals surface area contributed by atoms with E-state index in [0.717, 1.165) is 5.56 Å². The summed E-state index contributed by atoms with van der Waals surface area (Å²) in [5.74, 6) is 0.909. The van der Waals surface area contributed by atoms with Gasteiger partial charge in [0.15, 0.2) is 23.0 Å². The second-order valence-electron chi connectivity index (χ2n) is 8.84. The molecule has 2 bridgehead atoms. The third-order valence-corrected chi connectivity index (χ3v) is 6.94. The molecule has 176 valence electrons. The molecule has 0 aliphatic carbocycles. The molecule has 0 radical (unpaired) electrons. The van der Waals surface area contributed by atoms with E-state index in [-0.39, 0.29) is 18.6 Å². The average Bonchev–Trinajstić information content (AvgIpc) is 3.60. The molecule has 1 spiro atoms. The molecule has 4 unspecified atom stereocenters. The van der Waals surface area contributed by atoms with Crippen molar-refractivity contribution in [3.8, 4) is 23.0 Å². The summed E-state index contributed by atoms with van der Waals surface area (Å²) >= 11 is 0. The first kappa shape index (κ1) is 20.9. The van der Waals surface area contributed by atoms with Crippen LogP contribution in [-0.4, -0.2) is 56.0 Å². The highest BCUT2D eigenvalue weighted by Crippen LogP contribution is 2.52. The fraction of sp³-hybridized carbons (Fsp3) is 0.360. The molecule has 1 N–H and O–H groups in total. The molecule has 2 fully saturated rings. The van der Waals surface area contributed by atoms with Crippen LogP contribution in [0.5, 0.6) is 23.0 Å². The second-order valence-corrected chi connectivity index (χ2v) is 8.84. The molecule has 0 saturated carbocycles. The molecule has 2 saturated heterocycles. The number of anilines is 1. The van der Waals surface area contributed by atoms with Gasteiger partial charge in [-0.05, 0) is 29.8 Å². The van der Waals surface area contributed by atoms with Crippen LogP contribution in [0.1, 0.15) is 5.56 Å². The first-order valence-electron chi connectivity index (χ1n) is 11.1. The minimum absolute atomic E-state index is 0.0861. The van der Waals surface area contributed by atoms with Gasteiger partial charge in [-0.2, -0.15) is 0 Å². The number of ether oxygens (including phenoxy) is 5. The van der Waals surface area contributed by atoms with E-state index in [4.69, 9.17) is 23.7 Å². The number of nitrogens with one attached hydrogen (secondary N) is 1. The van der Waals surface area contributed by atoms with Gasteiger partial charge in [-0.15, -0.1) is 0 Å². The first-order valence-corrected chi connectivity index (χ1v) is 11.1. The highest BCUT2D eigenvalue weighted by molar-refractivity contribution is 5.99. The Labute approximate surface area is 196 Å². The lowest BCUT2D eigenvalue weighted by molar-refractivity contribution is -0.136. The predicted octanol–water partition coefficient (Wildman–Crippen LogP) is 2.35. The van der Waals surface area contributed by atoms with Gasteiger partial charge in [-0.3, -0.25) is 9.59 Å². The van der Waals surface area contributed by atoms with Gasteiger partial charge in [0.25, 0.3) is 0 Å². The van der Waals surface area contributed by atoms with Crippen LogP contribution >= 0.6 is 0 Å². The zero-order valence-electron chi connectivity index (χ0n) is 18.8. The van der Waals surface area contributed by atoms with Crippen LogP contribution in [-0.2, 0) is 20.9 Å². The van der Waals surface area contributed by atoms with Gasteiger partial charge in [0.2, 0.25) is 18.6 Å². The molecule has 4 aliphatic heterocycles. The standard InChI is InChI=1S/C25H24N2O7/c1-30-16-6-4-15(10-19(16)31-2)26-23(28)21-18-7-8-25(34-18)12-27(24(29)22(21)25)11-14-3-5-17-20(9-14)33-13-32-17/h3-10,18,21-22H,11-13H2,1-2H3,(H,26,28). The number of hydrogen-bond donors (Lipinski definition) is 1. The number of amides is 2. The largest absolute Gasteiger partial charge is 0.493 e. The van der Waals surface area contributed by atoms with E-state index in [9.17, 15) is 9.59 Å². The number of methoxy groups -OCH3 is 2. The summed E-state index contributed by atoms with van der Waals surface area (Å²) in [6.07, 6.45) is 3.41. The molecule has 6 rings (SSSR count). The number of carbonyl (C=O) groups excluding carboxylic acids is 2. The fourth-order valence-corrected chi connectivity index (χ4v) is 5.41. The summed E-state index contributed by atoms with van der Waals surface area (Å²) in [4.78, 5) is 28.6. The maximum Gasteiger partial charge on any atom is 0.231 e. The highest BCUT2D eigenvalue weighted by Gasteiger charge is 2.66. The SMILES string of the molecule is COc1ccc(NC(=O)C2C3C=CC4(CN(Cc5ccc6c(c5)OCO6)C(=O)C24)O3)cc1OC. The Morgan fingerprint density at radius 2 is 1.94 bits per heavy atom. The number of fused-ring (bicyclic) bond motifs is 2. The molecular formula is C25H24N2O7. The van der Waals surface area contributed by atoms with Crippen LogP contribution in [0.4, 0.5) is 5.69 Å². The maximum atomic E-state index is 13.5. The Morgan fingerprint density at radius 3 is 2.76 bits per heavy atom. The Kier molecular flexibility index (Phi) is 4.70. The average molecular weight is 464 g/mol. The fourth-order valence-electron chi connectivity index (χ4n) is 5.41. The minimum atomic E-state index is -0.780. The van der Waals surface area contributed by atoms with Crippen molar-refractivity contribution in [2.75, 3.05) is 32.9 Å². The number of benzene rings is 2. The molecule has 4 aliphatic rings. The van der Waals surface area contributed by atoms with Crippen molar-refractivity contribution in [3.05, 3.63) is 54.1 Å². The van der Waals surface area contributed by atoms with E-state index < -0.39 is 23.5 Å². The van der Waals surface area contributed by atoms with Crippen LogP contribution < -0.4 is 24.3 Å². The smallest absolute Gasteiger partial charge is 0.231 e. The predicted molar refractivity (Wildman–Crippen MR) is 120 cm³/mol. The molecule has 2 aromatic rings. The zero-order chi connectivity index (χ0) is 23.4. The third-order valence-electron chi connectivity index (χ3n) is 6.94. The van der Waals surface area contributed by atoms with E-state index in [1.807, 2.05) is 30.4 Å². The molecule has 9 heteroatoms. The van der Waals surface area contributed by atoms with Crippen LogP contribution in [0.25, 0.3) is 0 Å². The van der Waals surface area contributed by atoms with Gasteiger partial charge in [0.1, 0.15) is 5.60 Å². The van der Waals surface area contributed by atoms with Crippen molar-refractivity contribution in [1.82, 2.24) is 4.90 Å². The Bertz CT molecular complexity index is 1210. The maximum absolute atomic E-state index is 13.5. The van der Waals surface area contributed by atoms with Crippen molar-refractivity contribution in [2.24, 2.45) is 11.8 Å². The van der Waals surface area contributed by atoms with E-state index >= 15 is 0 Å². The molecule has 4 heterocycles. The third kappa shape index (κ3) is 3.11. The number of nitrogens with zero attached hydrogens (tertiary/aromatic N) is 1. The Balaban J connectivity index is 1.21. The van der Waals surface area contributed by atoms with Crippen molar-refractivity contribution in [1.29, 1.82) is 0 Å². The lowest BCUT2D eigenvalue weighted by atomic mass is 9.77. The lowest BCUT2D eigenvalue weighted by Gasteiger charge is -2.23. The minimum Gasteiger partial charge on any atom is -0.493 e. The van der Waals surface area contributed by atoms with Crippen LogP contribution in [0.15, 0.2) is 48.6 Å². The monoisotopic (exact) mass is 464 g/mol.